The number of nitrogens with one attached hydrogen (secondary N) is 1. The van der Waals surface area contributed by atoms with Crippen molar-refractivity contribution in [3.8, 4) is 11.1 Å². The Morgan fingerprint density at radius 3 is 1.40 bits per heavy atom. The fraction of sp³-hybridized carbons (Fsp3) is 0.143. The Labute approximate surface area is 269 Å². The zero-order valence-electron chi connectivity index (χ0n) is 25.9. The van der Waals surface area contributed by atoms with Crippen molar-refractivity contribution < 1.29 is 5.48 Å². The molecule has 7 aromatic rings. The summed E-state index contributed by atoms with van der Waals surface area (Å²) in [6.07, 6.45) is 5.28. The Morgan fingerprint density at radius 1 is 0.489 bits per heavy atom. The Bertz CT molecular complexity index is 1780. The number of para-hydroxylation sites is 2. The first kappa shape index (κ1) is 31.9. The van der Waals surface area contributed by atoms with Gasteiger partial charge in [0.15, 0.2) is 0 Å². The molecule has 0 bridgehead atoms. The van der Waals surface area contributed by atoms with Crippen molar-refractivity contribution in [2.45, 2.75) is 38.5 Å². The minimum absolute atomic E-state index is 0. The van der Waals surface area contributed by atoms with Crippen LogP contribution in [0.5, 0.6) is 0 Å². The van der Waals surface area contributed by atoms with Gasteiger partial charge in [0.2, 0.25) is 0 Å². The number of rotatable bonds is 6. The molecule has 226 valence electrons. The van der Waals surface area contributed by atoms with E-state index in [1.807, 2.05) is 0 Å². The maximum absolute atomic E-state index is 3.38. The first-order chi connectivity index (χ1) is 21.8. The van der Waals surface area contributed by atoms with Crippen LogP contribution < -0.4 is 10.6 Å². The van der Waals surface area contributed by atoms with Crippen LogP contribution in [-0.2, 0) is 0 Å². The molecular formula is C42H42NOP. The highest BCUT2D eigenvalue weighted by molar-refractivity contribution is 7.55. The van der Waals surface area contributed by atoms with E-state index in [0.29, 0.717) is 5.92 Å². The van der Waals surface area contributed by atoms with Crippen molar-refractivity contribution in [3.63, 3.8) is 0 Å². The molecule has 0 spiro atoms. The van der Waals surface area contributed by atoms with Crippen LogP contribution in [0.4, 0.5) is 0 Å². The van der Waals surface area contributed by atoms with E-state index in [-0.39, 0.29) is 5.48 Å². The van der Waals surface area contributed by atoms with Crippen molar-refractivity contribution in [3.05, 3.63) is 169 Å². The number of hydrogen-bond donors (Lipinski definition) is 1. The van der Waals surface area contributed by atoms with Crippen molar-refractivity contribution in [1.29, 1.82) is 0 Å². The highest BCUT2D eigenvalue weighted by Gasteiger charge is 2.27. The molecule has 0 radical (unpaired) electrons. The van der Waals surface area contributed by atoms with E-state index < -0.39 is 0 Å². The minimum Gasteiger partial charge on any atom is -0.412 e. The van der Waals surface area contributed by atoms with E-state index in [1.54, 1.807) is 0 Å². The molecule has 1 aliphatic rings. The van der Waals surface area contributed by atoms with E-state index in [1.165, 1.54) is 80.4 Å². The standard InChI is InChI=1S/C18H20.C12H9N.C12H11P.H2O/c1-2-3-4-9-14-15-10-5-7-12-17(15)18-13-8-6-11-16(14)18;1-3-7-11-9(5-1)10-6-2-4-8-12(10)13-11;1-3-7-11(8-4-1)13-12-9-5-2-6-10-12;/h5-8,10-14H,2-4,9H2,1H3;1-8,13H;1-10,13H;1H2. The van der Waals surface area contributed by atoms with E-state index >= 15 is 0 Å². The van der Waals surface area contributed by atoms with Gasteiger partial charge in [0.1, 0.15) is 0 Å². The molecule has 0 amide bonds. The maximum Gasteiger partial charge on any atom is 0.0464 e. The lowest BCUT2D eigenvalue weighted by Gasteiger charge is -2.13. The average molecular weight is 608 g/mol. The third kappa shape index (κ3) is 7.78. The SMILES string of the molecule is CCCCCC1c2ccccc2-c2ccccc21.O.c1ccc(Pc2ccccc2)cc1.c1ccc2c(c1)[nH]c1ccccc12. The van der Waals surface area contributed by atoms with E-state index in [0.717, 1.165) is 8.58 Å². The molecule has 0 aliphatic heterocycles. The number of unbranched alkanes of at least 4 members (excludes halogenated alkanes) is 2. The normalized spacial score (nSPS) is 11.4. The second kappa shape index (κ2) is 16.0. The number of benzene rings is 6. The lowest BCUT2D eigenvalue weighted by molar-refractivity contribution is 0.625. The van der Waals surface area contributed by atoms with Crippen LogP contribution in [-0.4, -0.2) is 10.5 Å². The smallest absolute Gasteiger partial charge is 0.0464 e. The van der Waals surface area contributed by atoms with Gasteiger partial charge in [-0.3, -0.25) is 0 Å². The molecular weight excluding hydrogens is 565 g/mol. The number of H-pyrrole nitrogens is 1. The zero-order valence-corrected chi connectivity index (χ0v) is 26.9. The van der Waals surface area contributed by atoms with Crippen LogP contribution in [0, 0.1) is 0 Å². The van der Waals surface area contributed by atoms with Crippen LogP contribution in [0.3, 0.4) is 0 Å². The predicted octanol–water partition coefficient (Wildman–Crippen LogP) is 10.2. The highest BCUT2D eigenvalue weighted by atomic mass is 31.1. The third-order valence-electron chi connectivity index (χ3n) is 8.31. The summed E-state index contributed by atoms with van der Waals surface area (Å²) >= 11 is 0. The van der Waals surface area contributed by atoms with Gasteiger partial charge in [-0.2, -0.15) is 0 Å². The summed E-state index contributed by atoms with van der Waals surface area (Å²) in [5.41, 5.74) is 8.40. The summed E-state index contributed by atoms with van der Waals surface area (Å²) in [7, 11) is 0.777. The van der Waals surface area contributed by atoms with Crippen molar-refractivity contribution in [2.75, 3.05) is 0 Å². The molecule has 8 rings (SSSR count). The van der Waals surface area contributed by atoms with Crippen LogP contribution in [0.2, 0.25) is 0 Å². The fourth-order valence-electron chi connectivity index (χ4n) is 6.18. The highest BCUT2D eigenvalue weighted by Crippen LogP contribution is 2.46. The largest absolute Gasteiger partial charge is 0.412 e. The molecule has 3 N–H and O–H groups in total. The Balaban J connectivity index is 0.000000135. The van der Waals surface area contributed by atoms with Crippen LogP contribution in [0.25, 0.3) is 32.9 Å². The molecule has 45 heavy (non-hydrogen) atoms. The maximum atomic E-state index is 3.38. The lowest BCUT2D eigenvalue weighted by Crippen LogP contribution is -2.01. The van der Waals surface area contributed by atoms with Gasteiger partial charge in [0.05, 0.1) is 0 Å². The van der Waals surface area contributed by atoms with Gasteiger partial charge in [-0.05, 0) is 51.4 Å². The number of aromatic amines is 1. The predicted molar refractivity (Wildman–Crippen MR) is 198 cm³/mol. The third-order valence-corrected chi connectivity index (χ3v) is 9.55. The quantitative estimate of drug-likeness (QED) is 0.144. The van der Waals surface area contributed by atoms with Gasteiger partial charge in [-0.1, -0.05) is 180 Å². The summed E-state index contributed by atoms with van der Waals surface area (Å²) in [5, 5.41) is 5.40. The van der Waals surface area contributed by atoms with Gasteiger partial charge in [-0.15, -0.1) is 0 Å². The molecule has 1 heterocycles. The molecule has 0 atom stereocenters. The Hall–Kier alpha value is -4.49. The van der Waals surface area contributed by atoms with Crippen LogP contribution >= 0.6 is 8.58 Å². The summed E-state index contributed by atoms with van der Waals surface area (Å²) in [4.78, 5) is 3.38. The van der Waals surface area contributed by atoms with Gasteiger partial charge >= 0.3 is 0 Å². The lowest BCUT2D eigenvalue weighted by atomic mass is 9.91. The summed E-state index contributed by atoms with van der Waals surface area (Å²) in [6, 6.07) is 55.7. The van der Waals surface area contributed by atoms with Gasteiger partial charge in [0.25, 0.3) is 0 Å². The fourth-order valence-corrected chi connectivity index (χ4v) is 7.23. The minimum atomic E-state index is 0. The molecule has 6 aromatic carbocycles. The van der Waals surface area contributed by atoms with Gasteiger partial charge < -0.3 is 10.5 Å². The first-order valence-electron chi connectivity index (χ1n) is 15.8. The monoisotopic (exact) mass is 607 g/mol. The Kier molecular flexibility index (Phi) is 11.4. The number of aromatic nitrogens is 1. The molecule has 1 aromatic heterocycles. The van der Waals surface area contributed by atoms with Gasteiger partial charge in [0, 0.05) is 27.7 Å². The molecule has 2 nitrogen and oxygen atoms in total. The Morgan fingerprint density at radius 2 is 0.911 bits per heavy atom. The van der Waals surface area contributed by atoms with Crippen LogP contribution in [0.1, 0.15) is 49.7 Å². The number of hydrogen-bond acceptors (Lipinski definition) is 0. The van der Waals surface area contributed by atoms with E-state index in [9.17, 15) is 0 Å². The molecule has 1 aliphatic carbocycles. The zero-order chi connectivity index (χ0) is 30.0. The molecule has 0 fully saturated rings. The second-order valence-electron chi connectivity index (χ2n) is 11.3. The second-order valence-corrected chi connectivity index (χ2v) is 12.7. The molecule has 0 saturated heterocycles. The van der Waals surface area contributed by atoms with Crippen molar-refractivity contribution in [2.24, 2.45) is 0 Å². The molecule has 3 heteroatoms. The van der Waals surface area contributed by atoms with E-state index in [2.05, 4.69) is 170 Å². The number of fused-ring (bicyclic) bond motifs is 6. The van der Waals surface area contributed by atoms with Crippen molar-refractivity contribution in [1.82, 2.24) is 4.98 Å². The van der Waals surface area contributed by atoms with Crippen molar-refractivity contribution >= 4 is 41.0 Å². The van der Waals surface area contributed by atoms with Crippen LogP contribution in [0.15, 0.2) is 158 Å². The first-order valence-corrected chi connectivity index (χ1v) is 16.8. The molecule has 0 unspecified atom stereocenters. The summed E-state index contributed by atoms with van der Waals surface area (Å²) < 4.78 is 0. The summed E-state index contributed by atoms with van der Waals surface area (Å²) in [6.45, 7) is 2.27. The average Bonchev–Trinajstić information content (AvgIpc) is 3.62. The van der Waals surface area contributed by atoms with E-state index in [4.69, 9.17) is 0 Å². The summed E-state index contributed by atoms with van der Waals surface area (Å²) in [5.74, 6) is 0.629. The molecule has 0 saturated carbocycles. The van der Waals surface area contributed by atoms with Gasteiger partial charge in [-0.25, -0.2) is 0 Å². The topological polar surface area (TPSA) is 47.3 Å².